The Morgan fingerprint density at radius 1 is 1.19 bits per heavy atom. The summed E-state index contributed by atoms with van der Waals surface area (Å²) in [7, 11) is -3.48. The molecule has 2 heterocycles. The van der Waals surface area contributed by atoms with Crippen LogP contribution in [-0.4, -0.2) is 22.9 Å². The zero-order chi connectivity index (χ0) is 15.0. The average molecular weight is 302 g/mol. The van der Waals surface area contributed by atoms with Gasteiger partial charge in [0.1, 0.15) is 11.4 Å². The van der Waals surface area contributed by atoms with E-state index in [-0.39, 0.29) is 16.4 Å². The number of aromatic hydroxyl groups is 1. The summed E-state index contributed by atoms with van der Waals surface area (Å²) in [6, 6.07) is 9.34. The molecule has 0 amide bonds. The van der Waals surface area contributed by atoms with Crippen LogP contribution in [0.15, 0.2) is 53.7 Å². The molecule has 6 heteroatoms. The monoisotopic (exact) mass is 302 g/mol. The van der Waals surface area contributed by atoms with Crippen molar-refractivity contribution in [3.63, 3.8) is 0 Å². The summed E-state index contributed by atoms with van der Waals surface area (Å²) in [5.74, 6) is -0.129. The Balaban J connectivity index is 1.97. The molecule has 1 aromatic carbocycles. The Bertz CT molecular complexity index is 896. The summed E-state index contributed by atoms with van der Waals surface area (Å²) in [6.07, 6.45) is 3.56. The average Bonchev–Trinajstić information content (AvgIpc) is 2.82. The number of nitrogens with zero attached hydrogens (tertiary/aromatic N) is 2. The number of phenols is 1. The van der Waals surface area contributed by atoms with Crippen LogP contribution in [0, 0.1) is 6.92 Å². The van der Waals surface area contributed by atoms with Crippen molar-refractivity contribution in [1.82, 2.24) is 9.38 Å². The highest BCUT2D eigenvalue weighted by Gasteiger charge is 2.17. The van der Waals surface area contributed by atoms with Crippen molar-refractivity contribution >= 4 is 15.5 Å². The molecule has 0 fully saturated rings. The Kier molecular flexibility index (Phi) is 3.17. The number of phenolic OH excluding ortho intramolecular Hbond substituents is 1. The third-order valence-electron chi connectivity index (χ3n) is 3.26. The van der Waals surface area contributed by atoms with Gasteiger partial charge in [-0.2, -0.15) is 0 Å². The van der Waals surface area contributed by atoms with E-state index >= 15 is 0 Å². The van der Waals surface area contributed by atoms with Gasteiger partial charge in [-0.05, 0) is 42.8 Å². The maximum atomic E-state index is 12.3. The molecule has 0 aliphatic carbocycles. The molecular weight excluding hydrogens is 288 g/mol. The number of aryl methyl sites for hydroxylation is 1. The smallest absolute Gasteiger partial charge is 0.184 e. The number of benzene rings is 1. The van der Waals surface area contributed by atoms with Gasteiger partial charge in [-0.3, -0.25) is 0 Å². The Morgan fingerprint density at radius 2 is 1.90 bits per heavy atom. The molecule has 3 aromatic rings. The summed E-state index contributed by atoms with van der Waals surface area (Å²) in [4.78, 5) is 4.55. The topological polar surface area (TPSA) is 71.7 Å². The molecule has 0 unspecified atom stereocenters. The first-order valence-electron chi connectivity index (χ1n) is 6.41. The normalized spacial score (nSPS) is 11.9. The van der Waals surface area contributed by atoms with Gasteiger partial charge < -0.3 is 9.51 Å². The second kappa shape index (κ2) is 4.89. The van der Waals surface area contributed by atoms with Crippen molar-refractivity contribution in [3.05, 3.63) is 60.0 Å². The van der Waals surface area contributed by atoms with Crippen molar-refractivity contribution in [2.75, 3.05) is 0 Å². The molecule has 0 radical (unpaired) electrons. The number of rotatable bonds is 3. The maximum Gasteiger partial charge on any atom is 0.184 e. The van der Waals surface area contributed by atoms with Gasteiger partial charge in [0, 0.05) is 12.4 Å². The van der Waals surface area contributed by atoms with Crippen LogP contribution >= 0.6 is 0 Å². The molecule has 0 aliphatic rings. The lowest BCUT2D eigenvalue weighted by molar-refractivity contribution is 0.475. The zero-order valence-corrected chi connectivity index (χ0v) is 12.2. The molecule has 108 valence electrons. The quantitative estimate of drug-likeness (QED) is 0.806. The highest BCUT2D eigenvalue weighted by atomic mass is 32.2. The second-order valence-electron chi connectivity index (χ2n) is 4.91. The molecule has 2 aromatic heterocycles. The Labute approximate surface area is 122 Å². The first kappa shape index (κ1) is 13.6. The predicted octanol–water partition coefficient (Wildman–Crippen LogP) is 2.32. The number of imidazole rings is 1. The van der Waals surface area contributed by atoms with Crippen LogP contribution in [0.2, 0.25) is 0 Å². The maximum absolute atomic E-state index is 12.3. The van der Waals surface area contributed by atoms with Crippen molar-refractivity contribution in [3.8, 4) is 5.75 Å². The van der Waals surface area contributed by atoms with Gasteiger partial charge in [0.25, 0.3) is 0 Å². The predicted molar refractivity (Wildman–Crippen MR) is 78.9 cm³/mol. The van der Waals surface area contributed by atoms with Crippen LogP contribution in [0.5, 0.6) is 5.75 Å². The zero-order valence-electron chi connectivity index (χ0n) is 11.4. The summed E-state index contributed by atoms with van der Waals surface area (Å²) in [5.41, 5.74) is 2.25. The lowest BCUT2D eigenvalue weighted by atomic mass is 10.3. The third-order valence-corrected chi connectivity index (χ3v) is 4.93. The number of pyridine rings is 1. The van der Waals surface area contributed by atoms with E-state index < -0.39 is 9.84 Å². The highest BCUT2D eigenvalue weighted by molar-refractivity contribution is 7.90. The first-order chi connectivity index (χ1) is 9.95. The van der Waals surface area contributed by atoms with E-state index in [4.69, 9.17) is 0 Å². The molecule has 0 spiro atoms. The largest absolute Gasteiger partial charge is 0.508 e. The first-order valence-corrected chi connectivity index (χ1v) is 8.06. The van der Waals surface area contributed by atoms with E-state index in [1.807, 2.05) is 29.7 Å². The minimum atomic E-state index is -3.48. The standard InChI is InChI=1S/C15H14N2O3S/c1-11-3-2-8-17-9-12(16-15(11)17)10-21(19,20)14-6-4-13(18)5-7-14/h2-9,18H,10H2,1H3. The molecule has 0 aliphatic heterocycles. The van der Waals surface area contributed by atoms with Crippen molar-refractivity contribution in [2.24, 2.45) is 0 Å². The molecule has 21 heavy (non-hydrogen) atoms. The molecule has 0 saturated carbocycles. The van der Waals surface area contributed by atoms with Gasteiger partial charge in [-0.25, -0.2) is 13.4 Å². The van der Waals surface area contributed by atoms with E-state index in [0.717, 1.165) is 11.2 Å². The van der Waals surface area contributed by atoms with Crippen molar-refractivity contribution < 1.29 is 13.5 Å². The summed E-state index contributed by atoms with van der Waals surface area (Å²) in [5, 5.41) is 9.23. The molecule has 0 saturated heterocycles. The van der Waals surface area contributed by atoms with E-state index in [1.54, 1.807) is 6.20 Å². The molecule has 0 atom stereocenters. The Morgan fingerprint density at radius 3 is 2.57 bits per heavy atom. The lowest BCUT2D eigenvalue weighted by Crippen LogP contribution is -2.05. The van der Waals surface area contributed by atoms with Gasteiger partial charge in [0.15, 0.2) is 9.84 Å². The molecule has 5 nitrogen and oxygen atoms in total. The summed E-state index contributed by atoms with van der Waals surface area (Å²) >= 11 is 0. The van der Waals surface area contributed by atoms with Gasteiger partial charge in [-0.1, -0.05) is 6.07 Å². The van der Waals surface area contributed by atoms with Gasteiger partial charge in [-0.15, -0.1) is 0 Å². The van der Waals surface area contributed by atoms with E-state index in [1.165, 1.54) is 24.3 Å². The van der Waals surface area contributed by atoms with Crippen LogP contribution in [0.3, 0.4) is 0 Å². The van der Waals surface area contributed by atoms with Gasteiger partial charge in [0.05, 0.1) is 16.3 Å². The summed E-state index contributed by atoms with van der Waals surface area (Å²) in [6.45, 7) is 1.93. The number of hydrogen-bond acceptors (Lipinski definition) is 4. The Hall–Kier alpha value is -2.34. The van der Waals surface area contributed by atoms with E-state index in [0.29, 0.717) is 5.69 Å². The fourth-order valence-electron chi connectivity index (χ4n) is 2.21. The summed E-state index contributed by atoms with van der Waals surface area (Å²) < 4.78 is 26.5. The number of aromatic nitrogens is 2. The lowest BCUT2D eigenvalue weighted by Gasteiger charge is -2.02. The van der Waals surface area contributed by atoms with Crippen LogP contribution in [0.4, 0.5) is 0 Å². The van der Waals surface area contributed by atoms with Gasteiger partial charge >= 0.3 is 0 Å². The van der Waals surface area contributed by atoms with Crippen LogP contribution in [0.1, 0.15) is 11.3 Å². The third kappa shape index (κ3) is 2.62. The van der Waals surface area contributed by atoms with Gasteiger partial charge in [0.2, 0.25) is 0 Å². The number of sulfone groups is 1. The molecule has 0 bridgehead atoms. The fourth-order valence-corrected chi connectivity index (χ4v) is 3.45. The minimum Gasteiger partial charge on any atom is -0.508 e. The molecule has 1 N–H and O–H groups in total. The van der Waals surface area contributed by atoms with Crippen LogP contribution in [-0.2, 0) is 15.6 Å². The highest BCUT2D eigenvalue weighted by Crippen LogP contribution is 2.19. The minimum absolute atomic E-state index is 0.0392. The van der Waals surface area contributed by atoms with Crippen molar-refractivity contribution in [2.45, 2.75) is 17.6 Å². The van der Waals surface area contributed by atoms with Crippen molar-refractivity contribution in [1.29, 1.82) is 0 Å². The number of fused-ring (bicyclic) bond motifs is 1. The van der Waals surface area contributed by atoms with E-state index in [2.05, 4.69) is 4.98 Å². The van der Waals surface area contributed by atoms with Crippen LogP contribution < -0.4 is 0 Å². The molecule has 3 rings (SSSR count). The SMILES string of the molecule is Cc1cccn2cc(CS(=O)(=O)c3ccc(O)cc3)nc12. The van der Waals surface area contributed by atoms with E-state index in [9.17, 15) is 13.5 Å². The number of hydrogen-bond donors (Lipinski definition) is 1. The molecular formula is C15H14N2O3S. The fraction of sp³-hybridized carbons (Fsp3) is 0.133. The van der Waals surface area contributed by atoms with Crippen LogP contribution in [0.25, 0.3) is 5.65 Å². The second-order valence-corrected chi connectivity index (χ2v) is 6.90.